The summed E-state index contributed by atoms with van der Waals surface area (Å²) in [6.45, 7) is 2.43. The Morgan fingerprint density at radius 3 is 2.81 bits per heavy atom. The Morgan fingerprint density at radius 2 is 1.96 bits per heavy atom. The van der Waals surface area contributed by atoms with Gasteiger partial charge in [0.25, 0.3) is 5.91 Å². The molecule has 0 saturated heterocycles. The predicted molar refractivity (Wildman–Crippen MR) is 106 cm³/mol. The maximum atomic E-state index is 12.3. The van der Waals surface area contributed by atoms with Crippen LogP contribution >= 0.6 is 11.6 Å². The van der Waals surface area contributed by atoms with E-state index >= 15 is 0 Å². The van der Waals surface area contributed by atoms with E-state index in [2.05, 4.69) is 11.4 Å². The molecule has 0 spiro atoms. The molecule has 0 unspecified atom stereocenters. The number of hydrogen-bond donors (Lipinski definition) is 1. The molecule has 1 amide bonds. The fraction of sp³-hybridized carbons (Fsp3) is 0.409. The number of rotatable bonds is 7. The molecule has 1 atom stereocenters. The SMILES string of the molecule is C[C@H](Oc1cccc2c1CCCC2)C(=O)NCCCc1ccccc1Cl. The number of fused-ring (bicyclic) bond motifs is 1. The van der Waals surface area contributed by atoms with E-state index in [1.807, 2.05) is 43.3 Å². The van der Waals surface area contributed by atoms with Gasteiger partial charge in [0.05, 0.1) is 0 Å². The molecule has 0 aliphatic heterocycles. The average molecular weight is 372 g/mol. The highest BCUT2D eigenvalue weighted by molar-refractivity contribution is 6.31. The van der Waals surface area contributed by atoms with Gasteiger partial charge in [-0.15, -0.1) is 0 Å². The fourth-order valence-corrected chi connectivity index (χ4v) is 3.67. The van der Waals surface area contributed by atoms with Crippen molar-refractivity contribution in [2.45, 2.75) is 51.6 Å². The number of carbonyl (C=O) groups excluding carboxylic acids is 1. The van der Waals surface area contributed by atoms with Crippen molar-refractivity contribution in [3.63, 3.8) is 0 Å². The molecule has 26 heavy (non-hydrogen) atoms. The van der Waals surface area contributed by atoms with Crippen LogP contribution < -0.4 is 10.1 Å². The third-order valence-corrected chi connectivity index (χ3v) is 5.27. The average Bonchev–Trinajstić information content (AvgIpc) is 2.66. The molecule has 1 aliphatic rings. The Balaban J connectivity index is 1.47. The van der Waals surface area contributed by atoms with Crippen LogP contribution in [0.5, 0.6) is 5.75 Å². The van der Waals surface area contributed by atoms with E-state index in [1.54, 1.807) is 0 Å². The minimum Gasteiger partial charge on any atom is -0.481 e. The second kappa shape index (κ2) is 9.09. The van der Waals surface area contributed by atoms with Gasteiger partial charge in [0.1, 0.15) is 5.75 Å². The Hall–Kier alpha value is -2.00. The molecule has 0 aromatic heterocycles. The second-order valence-electron chi connectivity index (χ2n) is 6.85. The van der Waals surface area contributed by atoms with E-state index in [0.29, 0.717) is 6.54 Å². The summed E-state index contributed by atoms with van der Waals surface area (Å²) in [4.78, 5) is 12.3. The van der Waals surface area contributed by atoms with Gasteiger partial charge in [-0.2, -0.15) is 0 Å². The summed E-state index contributed by atoms with van der Waals surface area (Å²) in [5.74, 6) is 0.790. The normalized spacial score (nSPS) is 14.4. The molecular weight excluding hydrogens is 346 g/mol. The van der Waals surface area contributed by atoms with Gasteiger partial charge in [0.15, 0.2) is 6.10 Å². The van der Waals surface area contributed by atoms with Crippen LogP contribution in [-0.4, -0.2) is 18.6 Å². The highest BCUT2D eigenvalue weighted by Gasteiger charge is 2.19. The van der Waals surface area contributed by atoms with Crippen LogP contribution in [0.15, 0.2) is 42.5 Å². The Labute approximate surface area is 160 Å². The van der Waals surface area contributed by atoms with Crippen LogP contribution in [0.4, 0.5) is 0 Å². The molecule has 1 aliphatic carbocycles. The van der Waals surface area contributed by atoms with Crippen molar-refractivity contribution in [2.24, 2.45) is 0 Å². The summed E-state index contributed by atoms with van der Waals surface area (Å²) in [5, 5.41) is 3.75. The highest BCUT2D eigenvalue weighted by Crippen LogP contribution is 2.30. The second-order valence-corrected chi connectivity index (χ2v) is 7.25. The maximum Gasteiger partial charge on any atom is 0.260 e. The zero-order valence-electron chi connectivity index (χ0n) is 15.3. The van der Waals surface area contributed by atoms with E-state index in [-0.39, 0.29) is 5.91 Å². The van der Waals surface area contributed by atoms with Crippen LogP contribution in [-0.2, 0) is 24.1 Å². The van der Waals surface area contributed by atoms with Crippen molar-refractivity contribution in [2.75, 3.05) is 6.54 Å². The fourth-order valence-electron chi connectivity index (χ4n) is 3.44. The Morgan fingerprint density at radius 1 is 1.15 bits per heavy atom. The van der Waals surface area contributed by atoms with Gasteiger partial charge in [0, 0.05) is 11.6 Å². The Bertz CT molecular complexity index is 760. The van der Waals surface area contributed by atoms with E-state index in [4.69, 9.17) is 16.3 Å². The van der Waals surface area contributed by atoms with Gasteiger partial charge < -0.3 is 10.1 Å². The van der Waals surface area contributed by atoms with Crippen LogP contribution in [0, 0.1) is 0 Å². The molecule has 4 heteroatoms. The smallest absolute Gasteiger partial charge is 0.260 e. The van der Waals surface area contributed by atoms with E-state index < -0.39 is 6.10 Å². The van der Waals surface area contributed by atoms with Crippen LogP contribution in [0.25, 0.3) is 0 Å². The number of carbonyl (C=O) groups is 1. The number of aryl methyl sites for hydroxylation is 2. The molecule has 2 aromatic carbocycles. The lowest BCUT2D eigenvalue weighted by Crippen LogP contribution is -2.37. The summed E-state index contributed by atoms with van der Waals surface area (Å²) in [6.07, 6.45) is 5.77. The molecule has 0 saturated carbocycles. The van der Waals surface area contributed by atoms with Crippen molar-refractivity contribution in [3.05, 3.63) is 64.2 Å². The van der Waals surface area contributed by atoms with Crippen LogP contribution in [0.1, 0.15) is 42.9 Å². The first kappa shape index (κ1) is 18.8. The predicted octanol–water partition coefficient (Wildman–Crippen LogP) is 4.74. The van der Waals surface area contributed by atoms with Gasteiger partial charge in [-0.25, -0.2) is 0 Å². The van der Waals surface area contributed by atoms with Crippen molar-refractivity contribution in [1.82, 2.24) is 5.32 Å². The molecule has 3 rings (SSSR count). The third kappa shape index (κ3) is 4.79. The number of benzene rings is 2. The summed E-state index contributed by atoms with van der Waals surface area (Å²) >= 11 is 6.16. The molecule has 138 valence electrons. The van der Waals surface area contributed by atoms with Gasteiger partial charge in [0.2, 0.25) is 0 Å². The van der Waals surface area contributed by atoms with Crippen molar-refractivity contribution >= 4 is 17.5 Å². The Kier molecular flexibility index (Phi) is 6.56. The zero-order valence-corrected chi connectivity index (χ0v) is 16.0. The number of nitrogens with one attached hydrogen (secondary N) is 1. The standard InChI is InChI=1S/C22H26ClNO2/c1-16(26-21-14-6-10-17-8-2-4-12-19(17)21)22(25)24-15-7-11-18-9-3-5-13-20(18)23/h3,5-6,9-10,13-14,16H,2,4,7-8,11-12,15H2,1H3,(H,24,25)/t16-/m0/s1. The van der Waals surface area contributed by atoms with Gasteiger partial charge in [-0.3, -0.25) is 4.79 Å². The van der Waals surface area contributed by atoms with Crippen molar-refractivity contribution < 1.29 is 9.53 Å². The first-order valence-electron chi connectivity index (χ1n) is 9.43. The van der Waals surface area contributed by atoms with Gasteiger partial charge >= 0.3 is 0 Å². The largest absolute Gasteiger partial charge is 0.481 e. The number of halogens is 1. The first-order valence-corrected chi connectivity index (χ1v) is 9.81. The topological polar surface area (TPSA) is 38.3 Å². The van der Waals surface area contributed by atoms with Gasteiger partial charge in [-0.05, 0) is 74.3 Å². The minimum atomic E-state index is -0.497. The third-order valence-electron chi connectivity index (χ3n) is 4.91. The van der Waals surface area contributed by atoms with E-state index in [0.717, 1.165) is 42.0 Å². The lowest BCUT2D eigenvalue weighted by Gasteiger charge is -2.22. The monoisotopic (exact) mass is 371 g/mol. The van der Waals surface area contributed by atoms with E-state index in [1.165, 1.54) is 24.0 Å². The minimum absolute atomic E-state index is 0.0717. The van der Waals surface area contributed by atoms with Crippen molar-refractivity contribution in [1.29, 1.82) is 0 Å². The molecule has 3 nitrogen and oxygen atoms in total. The summed E-state index contributed by atoms with van der Waals surface area (Å²) in [7, 11) is 0. The molecule has 2 aromatic rings. The molecule has 1 N–H and O–H groups in total. The molecule has 0 heterocycles. The molecular formula is C22H26ClNO2. The summed E-state index contributed by atoms with van der Waals surface area (Å²) < 4.78 is 5.98. The lowest BCUT2D eigenvalue weighted by molar-refractivity contribution is -0.127. The number of amides is 1. The van der Waals surface area contributed by atoms with Gasteiger partial charge in [-0.1, -0.05) is 41.9 Å². The highest BCUT2D eigenvalue weighted by atomic mass is 35.5. The van der Waals surface area contributed by atoms with Crippen LogP contribution in [0.3, 0.4) is 0 Å². The molecule has 0 bridgehead atoms. The number of hydrogen-bond acceptors (Lipinski definition) is 2. The maximum absolute atomic E-state index is 12.3. The zero-order chi connectivity index (χ0) is 18.4. The first-order chi connectivity index (χ1) is 12.6. The van der Waals surface area contributed by atoms with Crippen LogP contribution in [0.2, 0.25) is 5.02 Å². The lowest BCUT2D eigenvalue weighted by atomic mass is 9.91. The summed E-state index contributed by atoms with van der Waals surface area (Å²) in [6, 6.07) is 14.0. The number of ether oxygens (including phenoxy) is 1. The molecule has 0 radical (unpaired) electrons. The van der Waals surface area contributed by atoms with Crippen molar-refractivity contribution in [3.8, 4) is 5.75 Å². The quantitative estimate of drug-likeness (QED) is 0.714. The summed E-state index contributed by atoms with van der Waals surface area (Å²) in [5.41, 5.74) is 3.75. The van der Waals surface area contributed by atoms with E-state index in [9.17, 15) is 4.79 Å². The molecule has 0 fully saturated rings.